The van der Waals surface area contributed by atoms with E-state index in [0.717, 1.165) is 37.3 Å². The van der Waals surface area contributed by atoms with Crippen LogP contribution in [-0.2, 0) is 4.79 Å². The van der Waals surface area contributed by atoms with Gasteiger partial charge < -0.3 is 19.5 Å². The molecule has 0 aliphatic carbocycles. The Hall–Kier alpha value is -2.44. The molecular weight excluding hydrogens is 428 g/mol. The fraction of sp³-hybridized carbons (Fsp3) is 0.480. The number of carboxylic acid groups (broad SMARTS) is 1. The van der Waals surface area contributed by atoms with Gasteiger partial charge in [-0.2, -0.15) is 0 Å². The molecule has 2 heterocycles. The summed E-state index contributed by atoms with van der Waals surface area (Å²) in [7, 11) is 1.65. The Kier molecular flexibility index (Phi) is 6.82. The number of carboxylic acids is 1. The number of methoxy groups -OCH3 is 1. The predicted octanol–water partition coefficient (Wildman–Crippen LogP) is 4.84. The van der Waals surface area contributed by atoms with Crippen molar-refractivity contribution in [2.75, 3.05) is 38.3 Å². The van der Waals surface area contributed by atoms with Gasteiger partial charge in [-0.05, 0) is 68.0 Å². The molecule has 7 heteroatoms. The van der Waals surface area contributed by atoms with Crippen molar-refractivity contribution in [1.29, 1.82) is 0 Å². The molecule has 172 valence electrons. The quantitative estimate of drug-likeness (QED) is 0.668. The van der Waals surface area contributed by atoms with Crippen molar-refractivity contribution in [1.82, 2.24) is 4.90 Å². The van der Waals surface area contributed by atoms with Crippen LogP contribution in [0.1, 0.15) is 42.0 Å². The first-order valence-corrected chi connectivity index (χ1v) is 11.6. The molecule has 0 saturated carbocycles. The Labute approximate surface area is 194 Å². The fourth-order valence-corrected chi connectivity index (χ4v) is 5.33. The minimum absolute atomic E-state index is 0.317. The minimum Gasteiger partial charge on any atom is -0.495 e. The van der Waals surface area contributed by atoms with E-state index in [1.54, 1.807) is 7.11 Å². The molecule has 2 saturated heterocycles. The Morgan fingerprint density at radius 2 is 1.94 bits per heavy atom. The maximum atomic E-state index is 10.9. The number of hydrogen-bond acceptors (Lipinski definition) is 5. The second kappa shape index (κ2) is 9.59. The van der Waals surface area contributed by atoms with E-state index in [0.29, 0.717) is 28.6 Å². The molecule has 0 amide bonds. The number of benzene rings is 2. The molecule has 0 aromatic heterocycles. The molecular formula is C25H31ClN2O4. The number of carbonyl (C=O) groups is 1. The van der Waals surface area contributed by atoms with Crippen LogP contribution < -0.4 is 14.4 Å². The number of hydrogen-bond donors (Lipinski definition) is 1. The highest BCUT2D eigenvalue weighted by Crippen LogP contribution is 2.40. The highest BCUT2D eigenvalue weighted by molar-refractivity contribution is 6.32. The molecule has 1 unspecified atom stereocenters. The van der Waals surface area contributed by atoms with Crippen LogP contribution in [-0.4, -0.2) is 55.4 Å². The van der Waals surface area contributed by atoms with E-state index in [-0.39, 0.29) is 6.61 Å². The van der Waals surface area contributed by atoms with Crippen LogP contribution in [0.2, 0.25) is 5.02 Å². The Morgan fingerprint density at radius 3 is 2.69 bits per heavy atom. The molecule has 2 aromatic rings. The highest BCUT2D eigenvalue weighted by atomic mass is 35.5. The zero-order chi connectivity index (χ0) is 22.8. The third-order valence-electron chi connectivity index (χ3n) is 6.93. The Morgan fingerprint density at radius 1 is 1.12 bits per heavy atom. The number of aliphatic carboxylic acids is 1. The number of ether oxygens (including phenoxy) is 2. The SMILES string of the molecule is COc1cc(N2CCN3C(CCC[C@@H]3c3ccc(OCC(=O)O)c(C)c3C)C2)ccc1Cl. The molecule has 0 spiro atoms. The summed E-state index contributed by atoms with van der Waals surface area (Å²) in [4.78, 5) is 16.0. The third-order valence-corrected chi connectivity index (χ3v) is 7.25. The van der Waals surface area contributed by atoms with E-state index in [1.165, 1.54) is 24.0 Å². The van der Waals surface area contributed by atoms with Crippen molar-refractivity contribution >= 4 is 23.3 Å². The van der Waals surface area contributed by atoms with Crippen LogP contribution in [0.15, 0.2) is 30.3 Å². The van der Waals surface area contributed by atoms with Crippen LogP contribution in [0.5, 0.6) is 11.5 Å². The summed E-state index contributed by atoms with van der Waals surface area (Å²) < 4.78 is 10.9. The number of piperidine rings is 1. The van der Waals surface area contributed by atoms with Crippen LogP contribution >= 0.6 is 11.6 Å². The van der Waals surface area contributed by atoms with Gasteiger partial charge in [0, 0.05) is 43.5 Å². The molecule has 0 radical (unpaired) electrons. The van der Waals surface area contributed by atoms with Gasteiger partial charge in [-0.15, -0.1) is 0 Å². The van der Waals surface area contributed by atoms with Gasteiger partial charge in [0.25, 0.3) is 0 Å². The lowest BCUT2D eigenvalue weighted by Gasteiger charge is -2.49. The van der Waals surface area contributed by atoms with E-state index in [2.05, 4.69) is 28.9 Å². The average molecular weight is 459 g/mol. The maximum Gasteiger partial charge on any atom is 0.341 e. The van der Waals surface area contributed by atoms with Gasteiger partial charge in [0.2, 0.25) is 0 Å². The van der Waals surface area contributed by atoms with Gasteiger partial charge in [0.05, 0.1) is 12.1 Å². The minimum atomic E-state index is -0.961. The maximum absolute atomic E-state index is 10.9. The smallest absolute Gasteiger partial charge is 0.341 e. The van der Waals surface area contributed by atoms with Crippen molar-refractivity contribution < 1.29 is 19.4 Å². The number of rotatable bonds is 6. The van der Waals surface area contributed by atoms with Crippen molar-refractivity contribution in [2.45, 2.75) is 45.2 Å². The molecule has 2 aliphatic heterocycles. The average Bonchev–Trinajstić information content (AvgIpc) is 2.79. The lowest BCUT2D eigenvalue weighted by molar-refractivity contribution is -0.139. The number of fused-ring (bicyclic) bond motifs is 1. The molecule has 1 N–H and O–H groups in total. The predicted molar refractivity (Wildman–Crippen MR) is 126 cm³/mol. The van der Waals surface area contributed by atoms with E-state index in [4.69, 9.17) is 26.2 Å². The summed E-state index contributed by atoms with van der Waals surface area (Å²) in [6.07, 6.45) is 3.52. The Balaban J connectivity index is 1.52. The van der Waals surface area contributed by atoms with E-state index in [1.807, 2.05) is 25.1 Å². The zero-order valence-corrected chi connectivity index (χ0v) is 19.7. The molecule has 6 nitrogen and oxygen atoms in total. The van der Waals surface area contributed by atoms with Crippen molar-refractivity contribution in [3.8, 4) is 11.5 Å². The standard InChI is InChI=1S/C25H31ClN2O4/c1-16-17(2)23(32-15-25(29)30)10-8-20(16)22-6-4-5-19-14-27(11-12-28(19)22)18-7-9-21(26)24(13-18)31-3/h7-10,13,19,22H,4-6,11-12,14-15H2,1-3H3,(H,29,30)/t19?,22-/m1/s1. The van der Waals surface area contributed by atoms with E-state index < -0.39 is 5.97 Å². The summed E-state index contributed by atoms with van der Waals surface area (Å²) in [5.41, 5.74) is 4.71. The first kappa shape index (κ1) is 22.7. The van der Waals surface area contributed by atoms with Crippen LogP contribution in [0, 0.1) is 13.8 Å². The van der Waals surface area contributed by atoms with Gasteiger partial charge >= 0.3 is 5.97 Å². The summed E-state index contributed by atoms with van der Waals surface area (Å²) in [5, 5.41) is 9.55. The summed E-state index contributed by atoms with van der Waals surface area (Å²) in [5.74, 6) is 0.407. The molecule has 2 fully saturated rings. The topological polar surface area (TPSA) is 62.2 Å². The lowest BCUT2D eigenvalue weighted by atomic mass is 9.86. The second-order valence-electron chi connectivity index (χ2n) is 8.69. The van der Waals surface area contributed by atoms with E-state index >= 15 is 0 Å². The molecule has 32 heavy (non-hydrogen) atoms. The largest absolute Gasteiger partial charge is 0.495 e. The number of halogens is 1. The normalized spacial score (nSPS) is 21.2. The molecule has 2 atom stereocenters. The van der Waals surface area contributed by atoms with Gasteiger partial charge in [-0.3, -0.25) is 4.90 Å². The van der Waals surface area contributed by atoms with Crippen molar-refractivity contribution in [2.24, 2.45) is 0 Å². The van der Waals surface area contributed by atoms with Gasteiger partial charge in [-0.1, -0.05) is 17.7 Å². The second-order valence-corrected chi connectivity index (χ2v) is 9.10. The molecule has 2 aliphatic rings. The number of anilines is 1. The van der Waals surface area contributed by atoms with Crippen LogP contribution in [0.25, 0.3) is 0 Å². The monoisotopic (exact) mass is 458 g/mol. The summed E-state index contributed by atoms with van der Waals surface area (Å²) >= 11 is 6.22. The number of piperazine rings is 1. The summed E-state index contributed by atoms with van der Waals surface area (Å²) in [6.45, 7) is 6.76. The molecule has 0 bridgehead atoms. The first-order valence-electron chi connectivity index (χ1n) is 11.2. The van der Waals surface area contributed by atoms with Crippen LogP contribution in [0.4, 0.5) is 5.69 Å². The van der Waals surface area contributed by atoms with E-state index in [9.17, 15) is 4.79 Å². The van der Waals surface area contributed by atoms with Crippen molar-refractivity contribution in [3.05, 3.63) is 52.0 Å². The third kappa shape index (κ3) is 4.52. The zero-order valence-electron chi connectivity index (χ0n) is 18.9. The number of nitrogens with zero attached hydrogens (tertiary/aromatic N) is 2. The van der Waals surface area contributed by atoms with Gasteiger partial charge in [-0.25, -0.2) is 4.79 Å². The van der Waals surface area contributed by atoms with Crippen molar-refractivity contribution in [3.63, 3.8) is 0 Å². The molecule has 2 aromatic carbocycles. The fourth-order valence-electron chi connectivity index (χ4n) is 5.14. The lowest BCUT2D eigenvalue weighted by Crippen LogP contribution is -2.56. The first-order chi connectivity index (χ1) is 15.4. The highest BCUT2D eigenvalue weighted by Gasteiger charge is 2.36. The molecule has 4 rings (SSSR count). The van der Waals surface area contributed by atoms with Gasteiger partial charge in [0.1, 0.15) is 11.5 Å². The van der Waals surface area contributed by atoms with Gasteiger partial charge in [0.15, 0.2) is 6.61 Å². The summed E-state index contributed by atoms with van der Waals surface area (Å²) in [6, 6.07) is 10.9. The van der Waals surface area contributed by atoms with Crippen LogP contribution in [0.3, 0.4) is 0 Å². The Bertz CT molecular complexity index is 996.